The summed E-state index contributed by atoms with van der Waals surface area (Å²) in [5, 5.41) is 2.60. The summed E-state index contributed by atoms with van der Waals surface area (Å²) in [7, 11) is 0. The highest BCUT2D eigenvalue weighted by molar-refractivity contribution is 5.77. The van der Waals surface area contributed by atoms with Crippen molar-refractivity contribution in [2.75, 3.05) is 13.2 Å². The number of rotatable bonds is 5. The van der Waals surface area contributed by atoms with Crippen molar-refractivity contribution in [3.8, 4) is 5.75 Å². The molecule has 74 valence electrons. The predicted molar refractivity (Wildman–Crippen MR) is 52.9 cm³/mol. The molecular formula is C10H12N2O2. The molecule has 1 aromatic rings. The molecule has 4 heteroatoms. The number of carbonyl (C=O) groups is 1. The minimum absolute atomic E-state index is 0.000463. The predicted octanol–water partition coefficient (Wildman–Crippen LogP) is 0.763. The quantitative estimate of drug-likeness (QED) is 0.701. The number of nitrogens with zero attached hydrogens (tertiary/aromatic N) is 1. The van der Waals surface area contributed by atoms with Crippen molar-refractivity contribution in [2.24, 2.45) is 0 Å². The van der Waals surface area contributed by atoms with Crippen LogP contribution in [-0.4, -0.2) is 24.0 Å². The molecule has 1 N–H and O–H groups in total. The molecule has 0 saturated carbocycles. The highest BCUT2D eigenvalue weighted by atomic mass is 16.5. The van der Waals surface area contributed by atoms with E-state index >= 15 is 0 Å². The van der Waals surface area contributed by atoms with Gasteiger partial charge in [-0.25, -0.2) is 0 Å². The molecule has 0 aromatic carbocycles. The summed E-state index contributed by atoms with van der Waals surface area (Å²) in [6, 6.07) is 3.49. The third kappa shape index (κ3) is 3.71. The molecule has 0 aliphatic rings. The van der Waals surface area contributed by atoms with Crippen LogP contribution in [0.5, 0.6) is 5.75 Å². The molecule has 0 aliphatic carbocycles. The Kier molecular flexibility index (Phi) is 4.20. The lowest BCUT2D eigenvalue weighted by Gasteiger charge is -2.04. The van der Waals surface area contributed by atoms with Gasteiger partial charge in [-0.05, 0) is 12.1 Å². The van der Waals surface area contributed by atoms with Crippen molar-refractivity contribution in [3.63, 3.8) is 0 Å². The van der Waals surface area contributed by atoms with Crippen molar-refractivity contribution >= 4 is 5.91 Å². The molecule has 14 heavy (non-hydrogen) atoms. The minimum Gasteiger partial charge on any atom is -0.482 e. The number of hydrogen-bond donors (Lipinski definition) is 1. The Labute approximate surface area is 82.6 Å². The SMILES string of the molecule is C=CCNC(=O)COc1cccnc1. The normalized spacial score (nSPS) is 9.14. The number of carbonyl (C=O) groups excluding carboxylic acids is 1. The Morgan fingerprint density at radius 1 is 1.71 bits per heavy atom. The van der Waals surface area contributed by atoms with Gasteiger partial charge in [0.05, 0.1) is 6.20 Å². The topological polar surface area (TPSA) is 51.2 Å². The average molecular weight is 192 g/mol. The van der Waals surface area contributed by atoms with Crippen LogP contribution in [0.1, 0.15) is 0 Å². The second kappa shape index (κ2) is 5.75. The van der Waals surface area contributed by atoms with Gasteiger partial charge in [0.25, 0.3) is 5.91 Å². The fourth-order valence-corrected chi connectivity index (χ4v) is 0.818. The number of pyridine rings is 1. The van der Waals surface area contributed by atoms with E-state index in [-0.39, 0.29) is 12.5 Å². The number of hydrogen-bond acceptors (Lipinski definition) is 3. The Morgan fingerprint density at radius 3 is 3.21 bits per heavy atom. The molecule has 4 nitrogen and oxygen atoms in total. The highest BCUT2D eigenvalue weighted by Crippen LogP contribution is 2.04. The third-order valence-corrected chi connectivity index (χ3v) is 1.45. The van der Waals surface area contributed by atoms with Gasteiger partial charge in [0.2, 0.25) is 0 Å². The first-order chi connectivity index (χ1) is 6.83. The van der Waals surface area contributed by atoms with Crippen molar-refractivity contribution in [1.29, 1.82) is 0 Å². The van der Waals surface area contributed by atoms with Gasteiger partial charge in [0.1, 0.15) is 5.75 Å². The van der Waals surface area contributed by atoms with E-state index in [1.54, 1.807) is 30.6 Å². The smallest absolute Gasteiger partial charge is 0.258 e. The first kappa shape index (κ1) is 10.2. The summed E-state index contributed by atoms with van der Waals surface area (Å²) >= 11 is 0. The number of ether oxygens (including phenoxy) is 1. The Balaban J connectivity index is 2.27. The van der Waals surface area contributed by atoms with Crippen molar-refractivity contribution in [2.45, 2.75) is 0 Å². The molecule has 0 bridgehead atoms. The first-order valence-electron chi connectivity index (χ1n) is 4.23. The van der Waals surface area contributed by atoms with Crippen molar-refractivity contribution < 1.29 is 9.53 Å². The van der Waals surface area contributed by atoms with Crippen LogP contribution >= 0.6 is 0 Å². The maximum Gasteiger partial charge on any atom is 0.258 e. The van der Waals surface area contributed by atoms with Gasteiger partial charge in [-0.15, -0.1) is 6.58 Å². The Bertz CT molecular complexity index is 298. The van der Waals surface area contributed by atoms with Crippen LogP contribution in [0.2, 0.25) is 0 Å². The van der Waals surface area contributed by atoms with Crippen LogP contribution < -0.4 is 10.1 Å². The van der Waals surface area contributed by atoms with Gasteiger partial charge in [0.15, 0.2) is 6.61 Å². The monoisotopic (exact) mass is 192 g/mol. The largest absolute Gasteiger partial charge is 0.482 e. The Hall–Kier alpha value is -1.84. The summed E-state index contributed by atoms with van der Waals surface area (Å²) in [6.45, 7) is 3.94. The van der Waals surface area contributed by atoms with E-state index < -0.39 is 0 Å². The van der Waals surface area contributed by atoms with Crippen molar-refractivity contribution in [3.05, 3.63) is 37.2 Å². The second-order valence-electron chi connectivity index (χ2n) is 2.57. The minimum atomic E-state index is -0.172. The lowest BCUT2D eigenvalue weighted by molar-refractivity contribution is -0.122. The molecule has 0 fully saturated rings. The second-order valence-corrected chi connectivity index (χ2v) is 2.57. The van der Waals surface area contributed by atoms with Crippen LogP contribution in [0.15, 0.2) is 37.2 Å². The van der Waals surface area contributed by atoms with E-state index in [1.165, 1.54) is 0 Å². The van der Waals surface area contributed by atoms with Crippen LogP contribution in [-0.2, 0) is 4.79 Å². The standard InChI is InChI=1S/C10H12N2O2/c1-2-5-12-10(13)8-14-9-4-3-6-11-7-9/h2-4,6-7H,1,5,8H2,(H,12,13). The van der Waals surface area contributed by atoms with E-state index in [1.807, 2.05) is 0 Å². The van der Waals surface area contributed by atoms with Gasteiger partial charge in [-0.3, -0.25) is 9.78 Å². The number of aromatic nitrogens is 1. The Morgan fingerprint density at radius 2 is 2.57 bits per heavy atom. The highest BCUT2D eigenvalue weighted by Gasteiger charge is 1.99. The van der Waals surface area contributed by atoms with Crippen LogP contribution in [0.3, 0.4) is 0 Å². The number of amides is 1. The van der Waals surface area contributed by atoms with E-state index in [9.17, 15) is 4.79 Å². The van der Waals surface area contributed by atoms with Crippen molar-refractivity contribution in [1.82, 2.24) is 10.3 Å². The van der Waals surface area contributed by atoms with Crippen LogP contribution in [0, 0.1) is 0 Å². The molecule has 0 spiro atoms. The zero-order chi connectivity index (χ0) is 10.2. The lowest BCUT2D eigenvalue weighted by atomic mass is 10.4. The van der Waals surface area contributed by atoms with Crippen LogP contribution in [0.4, 0.5) is 0 Å². The molecule has 0 aliphatic heterocycles. The molecule has 0 radical (unpaired) electrons. The maximum absolute atomic E-state index is 11.1. The van der Waals surface area contributed by atoms with E-state index in [4.69, 9.17) is 4.74 Å². The zero-order valence-corrected chi connectivity index (χ0v) is 7.77. The molecular weight excluding hydrogens is 180 g/mol. The summed E-state index contributed by atoms with van der Waals surface area (Å²) in [4.78, 5) is 14.9. The molecule has 1 rings (SSSR count). The average Bonchev–Trinajstić information content (AvgIpc) is 2.25. The fourth-order valence-electron chi connectivity index (χ4n) is 0.818. The maximum atomic E-state index is 11.1. The van der Waals surface area contributed by atoms with E-state index in [2.05, 4.69) is 16.9 Å². The van der Waals surface area contributed by atoms with E-state index in [0.717, 1.165) is 0 Å². The van der Waals surface area contributed by atoms with Crippen LogP contribution in [0.25, 0.3) is 0 Å². The molecule has 1 amide bonds. The molecule has 1 aromatic heterocycles. The summed E-state index contributed by atoms with van der Waals surface area (Å²) in [6.07, 6.45) is 4.81. The van der Waals surface area contributed by atoms with Gasteiger partial charge < -0.3 is 10.1 Å². The van der Waals surface area contributed by atoms with Gasteiger partial charge in [-0.2, -0.15) is 0 Å². The van der Waals surface area contributed by atoms with Gasteiger partial charge >= 0.3 is 0 Å². The molecule has 0 atom stereocenters. The molecule has 0 saturated heterocycles. The zero-order valence-electron chi connectivity index (χ0n) is 7.77. The first-order valence-corrected chi connectivity index (χ1v) is 4.23. The fraction of sp³-hybridized carbons (Fsp3) is 0.200. The summed E-state index contributed by atoms with van der Waals surface area (Å²) < 4.78 is 5.16. The third-order valence-electron chi connectivity index (χ3n) is 1.45. The van der Waals surface area contributed by atoms with E-state index in [0.29, 0.717) is 12.3 Å². The summed E-state index contributed by atoms with van der Waals surface area (Å²) in [5.74, 6) is 0.412. The van der Waals surface area contributed by atoms with Gasteiger partial charge in [-0.1, -0.05) is 6.08 Å². The molecule has 0 unspecified atom stereocenters. The summed E-state index contributed by atoms with van der Waals surface area (Å²) in [5.41, 5.74) is 0. The lowest BCUT2D eigenvalue weighted by Crippen LogP contribution is -2.28. The number of nitrogens with one attached hydrogen (secondary N) is 1. The van der Waals surface area contributed by atoms with Gasteiger partial charge in [0, 0.05) is 12.7 Å². The molecule has 1 heterocycles.